The number of hydrogen-bond acceptors (Lipinski definition) is 3. The molecule has 0 aromatic heterocycles. The van der Waals surface area contributed by atoms with Crippen LogP contribution in [0.15, 0.2) is 12.7 Å². The average molecular weight is 207 g/mol. The third kappa shape index (κ3) is 5.79. The highest BCUT2D eigenvalue weighted by Gasteiger charge is 2.19. The fourth-order valence-electron chi connectivity index (χ4n) is 1.03. The van der Waals surface area contributed by atoms with Gasteiger partial charge in [0.25, 0.3) is 0 Å². The van der Waals surface area contributed by atoms with Crippen LogP contribution in [-0.4, -0.2) is 27.4 Å². The van der Waals surface area contributed by atoms with Gasteiger partial charge in [-0.15, -0.1) is 6.58 Å². The van der Waals surface area contributed by atoms with Crippen molar-refractivity contribution in [2.75, 3.05) is 13.7 Å². The van der Waals surface area contributed by atoms with Gasteiger partial charge < -0.3 is 4.74 Å². The van der Waals surface area contributed by atoms with Crippen molar-refractivity contribution >= 4 is 10.0 Å². The van der Waals surface area contributed by atoms with Gasteiger partial charge in [0.05, 0.1) is 5.25 Å². The Morgan fingerprint density at radius 1 is 1.54 bits per heavy atom. The van der Waals surface area contributed by atoms with E-state index in [-0.39, 0.29) is 0 Å². The predicted octanol–water partition coefficient (Wildman–Crippen LogP) is 0.646. The first-order valence-corrected chi connectivity index (χ1v) is 5.74. The molecule has 5 heteroatoms. The Hall–Kier alpha value is -0.390. The number of sulfonamides is 1. The molecule has 0 saturated carbocycles. The van der Waals surface area contributed by atoms with Gasteiger partial charge in [-0.3, -0.25) is 0 Å². The fourth-order valence-corrected chi connectivity index (χ4v) is 1.92. The van der Waals surface area contributed by atoms with Crippen LogP contribution in [0.4, 0.5) is 0 Å². The second kappa shape index (κ2) is 6.12. The van der Waals surface area contributed by atoms with E-state index in [1.54, 1.807) is 6.08 Å². The van der Waals surface area contributed by atoms with Gasteiger partial charge in [0.2, 0.25) is 10.0 Å². The number of nitrogens with two attached hydrogens (primary N) is 1. The summed E-state index contributed by atoms with van der Waals surface area (Å²) in [7, 11) is -1.90. The minimum absolute atomic E-state index is 0.415. The number of primary sulfonamides is 1. The van der Waals surface area contributed by atoms with Crippen LogP contribution >= 0.6 is 0 Å². The van der Waals surface area contributed by atoms with Crippen molar-refractivity contribution in [1.82, 2.24) is 0 Å². The summed E-state index contributed by atoms with van der Waals surface area (Å²) in [5.41, 5.74) is 0. The molecule has 4 nitrogen and oxygen atoms in total. The lowest BCUT2D eigenvalue weighted by Crippen LogP contribution is -2.29. The molecule has 1 atom stereocenters. The van der Waals surface area contributed by atoms with E-state index < -0.39 is 15.3 Å². The summed E-state index contributed by atoms with van der Waals surface area (Å²) in [5, 5.41) is 4.53. The van der Waals surface area contributed by atoms with Crippen molar-refractivity contribution in [1.29, 1.82) is 0 Å². The maximum absolute atomic E-state index is 11.0. The van der Waals surface area contributed by atoms with Crippen LogP contribution in [0.3, 0.4) is 0 Å². The van der Waals surface area contributed by atoms with E-state index in [0.29, 0.717) is 25.9 Å². The second-order valence-electron chi connectivity index (χ2n) is 2.86. The highest BCUT2D eigenvalue weighted by molar-refractivity contribution is 7.89. The lowest BCUT2D eigenvalue weighted by molar-refractivity contribution is 0.192. The molecule has 0 rings (SSSR count). The van der Waals surface area contributed by atoms with Crippen LogP contribution in [0.5, 0.6) is 0 Å². The minimum Gasteiger partial charge on any atom is -0.385 e. The molecule has 2 N–H and O–H groups in total. The Balaban J connectivity index is 4.11. The van der Waals surface area contributed by atoms with Crippen molar-refractivity contribution in [3.8, 4) is 0 Å². The number of rotatable bonds is 7. The van der Waals surface area contributed by atoms with Gasteiger partial charge in [-0.05, 0) is 19.3 Å². The number of allylic oxidation sites excluding steroid dienone is 1. The first-order valence-electron chi connectivity index (χ1n) is 4.13. The zero-order chi connectivity index (χ0) is 10.3. The Bertz CT molecular complexity index is 236. The largest absolute Gasteiger partial charge is 0.385 e. The summed E-state index contributed by atoms with van der Waals surface area (Å²) in [6.07, 6.45) is 3.31. The molecule has 0 fully saturated rings. The Morgan fingerprint density at radius 2 is 2.15 bits per heavy atom. The maximum Gasteiger partial charge on any atom is 0.212 e. The summed E-state index contributed by atoms with van der Waals surface area (Å²) in [6, 6.07) is 0. The van der Waals surface area contributed by atoms with Gasteiger partial charge in [0.15, 0.2) is 0 Å². The van der Waals surface area contributed by atoms with E-state index in [0.717, 1.165) is 0 Å². The molecule has 0 spiro atoms. The van der Waals surface area contributed by atoms with E-state index in [4.69, 9.17) is 9.88 Å². The normalized spacial score (nSPS) is 14.0. The smallest absolute Gasteiger partial charge is 0.212 e. The molecule has 0 bridgehead atoms. The van der Waals surface area contributed by atoms with Crippen LogP contribution in [0, 0.1) is 0 Å². The molecule has 0 unspecified atom stereocenters. The van der Waals surface area contributed by atoms with Gasteiger partial charge in [-0.25, -0.2) is 13.6 Å². The zero-order valence-electron chi connectivity index (χ0n) is 7.90. The van der Waals surface area contributed by atoms with E-state index in [1.807, 2.05) is 0 Å². The minimum atomic E-state index is -3.44. The number of hydrogen-bond donors (Lipinski definition) is 1. The van der Waals surface area contributed by atoms with E-state index in [2.05, 4.69) is 6.58 Å². The molecule has 0 amide bonds. The lowest BCUT2D eigenvalue weighted by Gasteiger charge is -2.12. The molecule has 13 heavy (non-hydrogen) atoms. The van der Waals surface area contributed by atoms with Crippen molar-refractivity contribution in [2.24, 2.45) is 5.14 Å². The molecule has 0 radical (unpaired) electrons. The molecule has 78 valence electrons. The first kappa shape index (κ1) is 12.6. The van der Waals surface area contributed by atoms with Gasteiger partial charge in [-0.2, -0.15) is 0 Å². The van der Waals surface area contributed by atoms with E-state index in [1.165, 1.54) is 7.11 Å². The van der Waals surface area contributed by atoms with Crippen LogP contribution in [0.2, 0.25) is 0 Å². The molecule has 0 aromatic carbocycles. The third-order valence-corrected chi connectivity index (χ3v) is 3.20. The Morgan fingerprint density at radius 3 is 2.54 bits per heavy atom. The summed E-state index contributed by atoms with van der Waals surface area (Å²) in [5.74, 6) is 0. The zero-order valence-corrected chi connectivity index (χ0v) is 8.72. The third-order valence-electron chi connectivity index (χ3n) is 1.80. The Labute approximate surface area is 79.8 Å². The topological polar surface area (TPSA) is 69.4 Å². The van der Waals surface area contributed by atoms with Crippen molar-refractivity contribution < 1.29 is 13.2 Å². The summed E-state index contributed by atoms with van der Waals surface area (Å²) >= 11 is 0. The standard InChI is InChI=1S/C8H17NO3S/c1-3-4-5-8(6-7-12-2)13(9,10)11/h3,8H,1,4-7H2,2H3,(H2,9,10,11)/t8-/m0/s1. The van der Waals surface area contributed by atoms with Crippen molar-refractivity contribution in [3.05, 3.63) is 12.7 Å². The molecule has 0 aliphatic rings. The van der Waals surface area contributed by atoms with Crippen LogP contribution < -0.4 is 5.14 Å². The quantitative estimate of drug-likeness (QED) is 0.623. The van der Waals surface area contributed by atoms with Gasteiger partial charge in [0.1, 0.15) is 0 Å². The molecule has 0 saturated heterocycles. The highest BCUT2D eigenvalue weighted by atomic mass is 32.2. The summed E-state index contributed by atoms with van der Waals surface area (Å²) in [4.78, 5) is 0. The SMILES string of the molecule is C=CCC[C@@H](CCOC)S(N)(=O)=O. The maximum atomic E-state index is 11.0. The van der Waals surface area contributed by atoms with Crippen molar-refractivity contribution in [3.63, 3.8) is 0 Å². The van der Waals surface area contributed by atoms with Crippen LogP contribution in [-0.2, 0) is 14.8 Å². The van der Waals surface area contributed by atoms with E-state index >= 15 is 0 Å². The molecular formula is C8H17NO3S. The molecule has 0 heterocycles. The number of ether oxygens (including phenoxy) is 1. The van der Waals surface area contributed by atoms with Crippen molar-refractivity contribution in [2.45, 2.75) is 24.5 Å². The second-order valence-corrected chi connectivity index (χ2v) is 4.70. The van der Waals surface area contributed by atoms with Gasteiger partial charge in [0, 0.05) is 13.7 Å². The average Bonchev–Trinajstić information content (AvgIpc) is 2.02. The predicted molar refractivity (Wildman–Crippen MR) is 52.8 cm³/mol. The molecular weight excluding hydrogens is 190 g/mol. The summed E-state index contributed by atoms with van der Waals surface area (Å²) < 4.78 is 26.9. The molecule has 0 aliphatic heterocycles. The Kier molecular flexibility index (Phi) is 5.94. The number of methoxy groups -OCH3 is 1. The highest BCUT2D eigenvalue weighted by Crippen LogP contribution is 2.10. The lowest BCUT2D eigenvalue weighted by atomic mass is 10.2. The van der Waals surface area contributed by atoms with Gasteiger partial charge >= 0.3 is 0 Å². The van der Waals surface area contributed by atoms with Crippen LogP contribution in [0.25, 0.3) is 0 Å². The monoisotopic (exact) mass is 207 g/mol. The van der Waals surface area contributed by atoms with Gasteiger partial charge in [-0.1, -0.05) is 6.08 Å². The van der Waals surface area contributed by atoms with E-state index in [9.17, 15) is 8.42 Å². The van der Waals surface area contributed by atoms with Crippen LogP contribution in [0.1, 0.15) is 19.3 Å². The summed E-state index contributed by atoms with van der Waals surface area (Å²) in [6.45, 7) is 3.94. The first-order chi connectivity index (χ1) is 6.02. The molecule has 0 aliphatic carbocycles. The fraction of sp³-hybridized carbons (Fsp3) is 0.750. The molecule has 0 aromatic rings.